The van der Waals surface area contributed by atoms with Gasteiger partial charge in [-0.25, -0.2) is 9.18 Å². The first-order valence-corrected chi connectivity index (χ1v) is 7.56. The van der Waals surface area contributed by atoms with Crippen LogP contribution >= 0.6 is 0 Å². The molecule has 0 aliphatic carbocycles. The molecule has 1 aromatic carbocycles. The molecule has 1 N–H and O–H groups in total. The molecule has 1 aliphatic heterocycles. The molecule has 5 nitrogen and oxygen atoms in total. The number of carbonyl (C=O) groups is 2. The summed E-state index contributed by atoms with van der Waals surface area (Å²) < 4.78 is 12.9. The average Bonchev–Trinajstić information content (AvgIpc) is 2.81. The van der Waals surface area contributed by atoms with E-state index in [1.54, 1.807) is 17.0 Å². The lowest BCUT2D eigenvalue weighted by molar-refractivity contribution is -0.121. The minimum absolute atomic E-state index is 0.0641. The van der Waals surface area contributed by atoms with E-state index in [0.717, 1.165) is 6.42 Å². The third kappa shape index (κ3) is 4.19. The zero-order valence-corrected chi connectivity index (χ0v) is 13.0. The second-order valence-corrected chi connectivity index (χ2v) is 5.86. The zero-order chi connectivity index (χ0) is 16.1. The van der Waals surface area contributed by atoms with Crippen LogP contribution in [-0.4, -0.2) is 43.0 Å². The van der Waals surface area contributed by atoms with E-state index in [4.69, 9.17) is 0 Å². The van der Waals surface area contributed by atoms with Crippen molar-refractivity contribution in [3.8, 4) is 0 Å². The summed E-state index contributed by atoms with van der Waals surface area (Å²) in [5.41, 5.74) is 0.647. The molecule has 0 aromatic heterocycles. The van der Waals surface area contributed by atoms with Gasteiger partial charge in [-0.1, -0.05) is 13.8 Å². The molecule has 22 heavy (non-hydrogen) atoms. The maximum Gasteiger partial charge on any atom is 0.325 e. The average molecular weight is 307 g/mol. The first kappa shape index (κ1) is 16.3. The van der Waals surface area contributed by atoms with Crippen LogP contribution in [0.4, 0.5) is 14.9 Å². The molecular formula is C16H22FN3O2. The molecule has 1 heterocycles. The normalized spacial score (nSPS) is 14.8. The number of urea groups is 1. The van der Waals surface area contributed by atoms with Gasteiger partial charge in [0.1, 0.15) is 12.4 Å². The highest BCUT2D eigenvalue weighted by Gasteiger charge is 2.30. The molecule has 1 saturated heterocycles. The Morgan fingerprint density at radius 2 is 1.95 bits per heavy atom. The molecule has 0 spiro atoms. The van der Waals surface area contributed by atoms with Crippen LogP contribution in [0.15, 0.2) is 24.3 Å². The molecule has 0 saturated carbocycles. The third-order valence-electron chi connectivity index (χ3n) is 3.61. The van der Waals surface area contributed by atoms with Gasteiger partial charge in [0, 0.05) is 25.3 Å². The zero-order valence-electron chi connectivity index (χ0n) is 13.0. The lowest BCUT2D eigenvalue weighted by atomic mass is 10.1. The molecule has 0 bridgehead atoms. The summed E-state index contributed by atoms with van der Waals surface area (Å²) in [6.07, 6.45) is 0.918. The number of hydrogen-bond donors (Lipinski definition) is 1. The van der Waals surface area contributed by atoms with Crippen molar-refractivity contribution in [2.24, 2.45) is 5.92 Å². The van der Waals surface area contributed by atoms with Crippen LogP contribution in [0.3, 0.4) is 0 Å². The van der Waals surface area contributed by atoms with E-state index < -0.39 is 0 Å². The quantitative estimate of drug-likeness (QED) is 0.876. The summed E-state index contributed by atoms with van der Waals surface area (Å²) in [7, 11) is 0. The van der Waals surface area contributed by atoms with Gasteiger partial charge in [0.25, 0.3) is 0 Å². The van der Waals surface area contributed by atoms with Gasteiger partial charge in [-0.15, -0.1) is 0 Å². The smallest absolute Gasteiger partial charge is 0.325 e. The van der Waals surface area contributed by atoms with Crippen molar-refractivity contribution in [3.05, 3.63) is 30.1 Å². The van der Waals surface area contributed by atoms with Crippen molar-refractivity contribution in [1.29, 1.82) is 0 Å². The molecular weight excluding hydrogens is 285 g/mol. The second-order valence-electron chi connectivity index (χ2n) is 5.86. The molecule has 3 amide bonds. The predicted octanol–water partition coefficient (Wildman–Crippen LogP) is 2.23. The number of rotatable bonds is 6. The van der Waals surface area contributed by atoms with E-state index in [0.29, 0.717) is 31.2 Å². The first-order valence-electron chi connectivity index (χ1n) is 7.56. The van der Waals surface area contributed by atoms with E-state index in [2.05, 4.69) is 19.2 Å². The number of hydrogen-bond acceptors (Lipinski definition) is 2. The number of carbonyl (C=O) groups excluding carboxylic acids is 2. The summed E-state index contributed by atoms with van der Waals surface area (Å²) in [5.74, 6) is 0.0504. The van der Waals surface area contributed by atoms with Crippen LogP contribution in [0.1, 0.15) is 20.3 Å². The van der Waals surface area contributed by atoms with E-state index in [9.17, 15) is 14.0 Å². The number of benzene rings is 1. The minimum atomic E-state index is -0.336. The Labute approximate surface area is 130 Å². The Hall–Kier alpha value is -2.11. The number of nitrogens with zero attached hydrogens (tertiary/aromatic N) is 2. The third-order valence-corrected chi connectivity index (χ3v) is 3.61. The number of halogens is 1. The summed E-state index contributed by atoms with van der Waals surface area (Å²) >= 11 is 0. The van der Waals surface area contributed by atoms with Crippen molar-refractivity contribution >= 4 is 17.6 Å². The summed E-state index contributed by atoms with van der Waals surface area (Å²) in [5, 5.41) is 2.82. The molecule has 1 aromatic rings. The van der Waals surface area contributed by atoms with E-state index in [1.165, 1.54) is 17.0 Å². The van der Waals surface area contributed by atoms with Gasteiger partial charge in [0.05, 0.1) is 0 Å². The Morgan fingerprint density at radius 1 is 1.27 bits per heavy atom. The van der Waals surface area contributed by atoms with Crippen molar-refractivity contribution in [1.82, 2.24) is 10.2 Å². The minimum Gasteiger partial charge on any atom is -0.355 e. The van der Waals surface area contributed by atoms with Gasteiger partial charge >= 0.3 is 6.03 Å². The topological polar surface area (TPSA) is 52.7 Å². The molecule has 1 fully saturated rings. The standard InChI is InChI=1S/C16H22FN3O2/c1-12(2)7-8-18-15(21)11-19-9-10-20(16(19)22)14-5-3-13(17)4-6-14/h3-6,12H,7-11H2,1-2H3,(H,18,21). The van der Waals surface area contributed by atoms with Crippen LogP contribution in [-0.2, 0) is 4.79 Å². The van der Waals surface area contributed by atoms with Crippen LogP contribution in [0.2, 0.25) is 0 Å². The molecule has 2 rings (SSSR count). The van der Waals surface area contributed by atoms with Crippen molar-refractivity contribution in [2.75, 3.05) is 31.1 Å². The first-order chi connectivity index (χ1) is 10.5. The Kier molecular flexibility index (Phi) is 5.35. The molecule has 1 aliphatic rings. The SMILES string of the molecule is CC(C)CCNC(=O)CN1CCN(c2ccc(F)cc2)C1=O. The van der Waals surface area contributed by atoms with Gasteiger partial charge in [0.15, 0.2) is 0 Å². The summed E-state index contributed by atoms with van der Waals surface area (Å²) in [6, 6.07) is 5.57. The molecule has 120 valence electrons. The molecule has 0 unspecified atom stereocenters. The number of amides is 3. The van der Waals surface area contributed by atoms with E-state index >= 15 is 0 Å². The monoisotopic (exact) mass is 307 g/mol. The molecule has 6 heteroatoms. The maximum absolute atomic E-state index is 12.9. The van der Waals surface area contributed by atoms with Gasteiger partial charge in [-0.3, -0.25) is 9.69 Å². The largest absolute Gasteiger partial charge is 0.355 e. The highest BCUT2D eigenvalue weighted by atomic mass is 19.1. The predicted molar refractivity (Wildman–Crippen MR) is 83.2 cm³/mol. The Morgan fingerprint density at radius 3 is 2.59 bits per heavy atom. The number of nitrogens with one attached hydrogen (secondary N) is 1. The van der Waals surface area contributed by atoms with Gasteiger partial charge in [0.2, 0.25) is 5.91 Å². The second kappa shape index (κ2) is 7.24. The van der Waals surface area contributed by atoms with Crippen LogP contribution in [0.25, 0.3) is 0 Å². The summed E-state index contributed by atoms with van der Waals surface area (Å²) in [4.78, 5) is 27.2. The van der Waals surface area contributed by atoms with Crippen molar-refractivity contribution in [2.45, 2.75) is 20.3 Å². The van der Waals surface area contributed by atoms with Crippen LogP contribution in [0, 0.1) is 11.7 Å². The van der Waals surface area contributed by atoms with Gasteiger partial charge in [-0.05, 0) is 36.6 Å². The Bertz CT molecular complexity index is 531. The molecule has 0 radical (unpaired) electrons. The van der Waals surface area contributed by atoms with Gasteiger partial charge < -0.3 is 10.2 Å². The highest BCUT2D eigenvalue weighted by molar-refractivity contribution is 5.96. The number of anilines is 1. The van der Waals surface area contributed by atoms with E-state index in [-0.39, 0.29) is 24.3 Å². The van der Waals surface area contributed by atoms with Crippen molar-refractivity contribution in [3.63, 3.8) is 0 Å². The van der Waals surface area contributed by atoms with E-state index in [1.807, 2.05) is 0 Å². The fourth-order valence-electron chi connectivity index (χ4n) is 2.32. The van der Waals surface area contributed by atoms with Crippen LogP contribution < -0.4 is 10.2 Å². The lowest BCUT2D eigenvalue weighted by Gasteiger charge is -2.18. The molecule has 0 atom stereocenters. The fourth-order valence-corrected chi connectivity index (χ4v) is 2.32. The van der Waals surface area contributed by atoms with Crippen LogP contribution in [0.5, 0.6) is 0 Å². The van der Waals surface area contributed by atoms with Crippen molar-refractivity contribution < 1.29 is 14.0 Å². The summed E-state index contributed by atoms with van der Waals surface area (Å²) in [6.45, 7) is 5.87. The highest BCUT2D eigenvalue weighted by Crippen LogP contribution is 2.20. The van der Waals surface area contributed by atoms with Gasteiger partial charge in [-0.2, -0.15) is 0 Å². The Balaban J connectivity index is 1.86. The fraction of sp³-hybridized carbons (Fsp3) is 0.500. The maximum atomic E-state index is 12.9. The lowest BCUT2D eigenvalue weighted by Crippen LogP contribution is -2.40.